The number of hydrogen-bond donors (Lipinski definition) is 1. The Balaban J connectivity index is 4.31. The molecule has 0 aromatic carbocycles. The molecule has 0 saturated heterocycles. The Bertz CT molecular complexity index is 293. The molecular weight excluding hydrogens is 182 g/mol. The fraction of sp³-hybridized carbons (Fsp3) is 0.500. The molecule has 0 saturated carbocycles. The van der Waals surface area contributed by atoms with E-state index in [0.717, 1.165) is 0 Å². The number of primary sulfonamides is 1. The predicted octanol–water partition coefficient (Wildman–Crippen LogP) is -0.260. The van der Waals surface area contributed by atoms with Gasteiger partial charge in [-0.15, -0.1) is 0 Å². The first kappa shape index (κ1) is 11.1. The highest BCUT2D eigenvalue weighted by Gasteiger charge is 2.19. The Hall–Kier alpha value is -0.880. The Morgan fingerprint density at radius 2 is 2.00 bits per heavy atom. The van der Waals surface area contributed by atoms with Gasteiger partial charge in [0.1, 0.15) is 0 Å². The SMILES string of the molecule is C=C(C)C(=O)OC(C)S(N)(=O)=O. The maximum absolute atomic E-state index is 10.8. The average Bonchev–Trinajstić information content (AvgIpc) is 1.85. The van der Waals surface area contributed by atoms with Crippen LogP contribution in [-0.2, 0) is 19.6 Å². The van der Waals surface area contributed by atoms with E-state index in [4.69, 9.17) is 5.14 Å². The summed E-state index contributed by atoms with van der Waals surface area (Å²) in [6.07, 6.45) is 0. The lowest BCUT2D eigenvalue weighted by molar-refractivity contribution is -0.140. The van der Waals surface area contributed by atoms with Crippen molar-refractivity contribution in [2.75, 3.05) is 0 Å². The number of esters is 1. The van der Waals surface area contributed by atoms with Crippen LogP contribution in [0.1, 0.15) is 13.8 Å². The van der Waals surface area contributed by atoms with Crippen molar-refractivity contribution < 1.29 is 17.9 Å². The lowest BCUT2D eigenvalue weighted by Gasteiger charge is -2.09. The first-order chi connectivity index (χ1) is 5.25. The first-order valence-electron chi connectivity index (χ1n) is 3.13. The number of nitrogens with two attached hydrogens (primary N) is 1. The molecule has 0 amide bonds. The van der Waals surface area contributed by atoms with E-state index < -0.39 is 21.4 Å². The molecule has 5 nitrogen and oxygen atoms in total. The van der Waals surface area contributed by atoms with Gasteiger partial charge >= 0.3 is 5.97 Å². The third kappa shape index (κ3) is 3.49. The average molecular weight is 193 g/mol. The van der Waals surface area contributed by atoms with Gasteiger partial charge in [0.25, 0.3) is 0 Å². The van der Waals surface area contributed by atoms with Crippen LogP contribution in [0.2, 0.25) is 0 Å². The lowest BCUT2D eigenvalue weighted by atomic mass is 10.4. The van der Waals surface area contributed by atoms with Crippen molar-refractivity contribution in [2.24, 2.45) is 5.14 Å². The third-order valence-corrected chi connectivity index (χ3v) is 2.11. The monoisotopic (exact) mass is 193 g/mol. The molecule has 1 unspecified atom stereocenters. The lowest BCUT2D eigenvalue weighted by Crippen LogP contribution is -2.30. The number of carbonyl (C=O) groups is 1. The summed E-state index contributed by atoms with van der Waals surface area (Å²) in [5.74, 6) is -0.767. The summed E-state index contributed by atoms with van der Waals surface area (Å²) >= 11 is 0. The molecule has 0 aliphatic rings. The van der Waals surface area contributed by atoms with Crippen molar-refractivity contribution in [1.29, 1.82) is 0 Å². The summed E-state index contributed by atoms with van der Waals surface area (Å²) < 4.78 is 25.5. The molecule has 1 atom stereocenters. The fourth-order valence-corrected chi connectivity index (χ4v) is 0.540. The largest absolute Gasteiger partial charge is 0.441 e. The number of carbonyl (C=O) groups excluding carboxylic acids is 1. The van der Waals surface area contributed by atoms with Gasteiger partial charge in [-0.1, -0.05) is 6.58 Å². The van der Waals surface area contributed by atoms with Crippen molar-refractivity contribution in [3.05, 3.63) is 12.2 Å². The second kappa shape index (κ2) is 3.68. The van der Waals surface area contributed by atoms with Gasteiger partial charge in [0.15, 0.2) is 0 Å². The van der Waals surface area contributed by atoms with Gasteiger partial charge in [-0.2, -0.15) is 0 Å². The minimum Gasteiger partial charge on any atom is -0.441 e. The summed E-state index contributed by atoms with van der Waals surface area (Å²) in [5, 5.41) is 4.69. The molecule has 12 heavy (non-hydrogen) atoms. The van der Waals surface area contributed by atoms with E-state index in [9.17, 15) is 13.2 Å². The minimum absolute atomic E-state index is 0.130. The number of hydrogen-bond acceptors (Lipinski definition) is 4. The Morgan fingerprint density at radius 3 is 2.25 bits per heavy atom. The zero-order valence-corrected chi connectivity index (χ0v) is 7.72. The molecule has 6 heteroatoms. The summed E-state index contributed by atoms with van der Waals surface area (Å²) in [6, 6.07) is 0. The zero-order chi connectivity index (χ0) is 9.94. The van der Waals surface area contributed by atoms with Gasteiger partial charge in [0.2, 0.25) is 15.5 Å². The molecule has 0 radical (unpaired) electrons. The molecule has 0 aliphatic heterocycles. The summed E-state index contributed by atoms with van der Waals surface area (Å²) in [4.78, 5) is 10.8. The second-order valence-corrected chi connectivity index (χ2v) is 4.18. The van der Waals surface area contributed by atoms with Crippen LogP contribution in [-0.4, -0.2) is 19.8 Å². The van der Waals surface area contributed by atoms with Crippen LogP contribution in [0.25, 0.3) is 0 Å². The van der Waals surface area contributed by atoms with E-state index in [2.05, 4.69) is 11.3 Å². The van der Waals surface area contributed by atoms with Gasteiger partial charge in [-0.25, -0.2) is 18.4 Å². The molecule has 0 aliphatic carbocycles. The van der Waals surface area contributed by atoms with Crippen molar-refractivity contribution in [1.82, 2.24) is 0 Å². The summed E-state index contributed by atoms with van der Waals surface area (Å²) in [6.45, 7) is 5.87. The highest BCUT2D eigenvalue weighted by Crippen LogP contribution is 2.01. The quantitative estimate of drug-likeness (QED) is 0.494. The van der Waals surface area contributed by atoms with Crippen LogP contribution in [0.5, 0.6) is 0 Å². The zero-order valence-electron chi connectivity index (χ0n) is 6.90. The van der Waals surface area contributed by atoms with E-state index in [1.165, 1.54) is 13.8 Å². The normalized spacial score (nSPS) is 13.6. The molecule has 0 heterocycles. The van der Waals surface area contributed by atoms with Gasteiger partial charge in [-0.05, 0) is 13.8 Å². The molecule has 2 N–H and O–H groups in total. The molecule has 0 fully saturated rings. The topological polar surface area (TPSA) is 86.5 Å². The fourth-order valence-electron chi connectivity index (χ4n) is 0.318. The Kier molecular flexibility index (Phi) is 3.41. The second-order valence-electron chi connectivity index (χ2n) is 2.34. The summed E-state index contributed by atoms with van der Waals surface area (Å²) in [7, 11) is -3.82. The van der Waals surface area contributed by atoms with E-state index in [0.29, 0.717) is 0 Å². The van der Waals surface area contributed by atoms with Crippen LogP contribution >= 0.6 is 0 Å². The van der Waals surface area contributed by atoms with Gasteiger partial charge in [0.05, 0.1) is 0 Å². The Morgan fingerprint density at radius 1 is 1.58 bits per heavy atom. The van der Waals surface area contributed by atoms with Crippen molar-refractivity contribution in [3.8, 4) is 0 Å². The maximum atomic E-state index is 10.8. The smallest absolute Gasteiger partial charge is 0.334 e. The molecule has 0 rings (SSSR count). The highest BCUT2D eigenvalue weighted by atomic mass is 32.2. The van der Waals surface area contributed by atoms with Gasteiger partial charge in [0, 0.05) is 5.57 Å². The van der Waals surface area contributed by atoms with Crippen LogP contribution in [0.4, 0.5) is 0 Å². The molecule has 0 bridgehead atoms. The molecule has 0 aromatic rings. The minimum atomic E-state index is -3.82. The predicted molar refractivity (Wildman–Crippen MR) is 43.5 cm³/mol. The molecular formula is C6H11NO4S. The van der Waals surface area contributed by atoms with Crippen LogP contribution in [0, 0.1) is 0 Å². The van der Waals surface area contributed by atoms with E-state index in [-0.39, 0.29) is 5.57 Å². The van der Waals surface area contributed by atoms with Gasteiger partial charge < -0.3 is 4.74 Å². The van der Waals surface area contributed by atoms with Crippen LogP contribution in [0.3, 0.4) is 0 Å². The Labute approximate surface area is 71.3 Å². The maximum Gasteiger partial charge on any atom is 0.334 e. The van der Waals surface area contributed by atoms with Crippen molar-refractivity contribution in [2.45, 2.75) is 19.3 Å². The van der Waals surface area contributed by atoms with E-state index in [1.54, 1.807) is 0 Å². The van der Waals surface area contributed by atoms with E-state index >= 15 is 0 Å². The standard InChI is InChI=1S/C6H11NO4S/c1-4(2)6(8)11-5(3)12(7,9)10/h5H,1H2,2-3H3,(H2,7,9,10). The highest BCUT2D eigenvalue weighted by molar-refractivity contribution is 7.89. The summed E-state index contributed by atoms with van der Waals surface area (Å²) in [5.41, 5.74) is -1.20. The van der Waals surface area contributed by atoms with Crippen LogP contribution in [0.15, 0.2) is 12.2 Å². The van der Waals surface area contributed by atoms with Crippen LogP contribution < -0.4 is 5.14 Å². The van der Waals surface area contributed by atoms with E-state index in [1.807, 2.05) is 0 Å². The van der Waals surface area contributed by atoms with Crippen molar-refractivity contribution >= 4 is 16.0 Å². The first-order valence-corrected chi connectivity index (χ1v) is 4.74. The third-order valence-electron chi connectivity index (χ3n) is 1.08. The molecule has 0 spiro atoms. The van der Waals surface area contributed by atoms with Crippen molar-refractivity contribution in [3.63, 3.8) is 0 Å². The van der Waals surface area contributed by atoms with Gasteiger partial charge in [-0.3, -0.25) is 0 Å². The molecule has 0 aromatic heterocycles. The number of ether oxygens (including phenoxy) is 1. The number of rotatable bonds is 3. The molecule has 70 valence electrons. The number of sulfonamides is 1.